The summed E-state index contributed by atoms with van der Waals surface area (Å²) in [6, 6.07) is 5.44. The van der Waals surface area contributed by atoms with Gasteiger partial charge in [0.25, 0.3) is 0 Å². The van der Waals surface area contributed by atoms with Gasteiger partial charge < -0.3 is 10.2 Å². The topological polar surface area (TPSA) is 75.2 Å². The largest absolute Gasteiger partial charge is 0.336 e. The van der Waals surface area contributed by atoms with Gasteiger partial charge >= 0.3 is 0 Å². The van der Waals surface area contributed by atoms with Crippen LogP contribution in [0.4, 0.5) is 10.1 Å². The summed E-state index contributed by atoms with van der Waals surface area (Å²) in [5.41, 5.74) is 0.482. The van der Waals surface area contributed by atoms with Gasteiger partial charge in [0.05, 0.1) is 12.3 Å². The maximum absolute atomic E-state index is 12.8. The molecule has 2 amide bonds. The van der Waals surface area contributed by atoms with Crippen LogP contribution in [-0.2, 0) is 9.59 Å². The first-order valence-electron chi connectivity index (χ1n) is 6.77. The molecule has 0 atom stereocenters. The number of aromatic nitrogens is 2. The summed E-state index contributed by atoms with van der Waals surface area (Å²) >= 11 is 4.22. The van der Waals surface area contributed by atoms with Crippen molar-refractivity contribution < 1.29 is 14.0 Å². The molecule has 24 heavy (non-hydrogen) atoms. The number of hydrogen-bond acceptors (Lipinski definition) is 7. The number of amides is 2. The molecule has 10 heteroatoms. The number of hydrogen-bond donors (Lipinski definition) is 1. The summed E-state index contributed by atoms with van der Waals surface area (Å²) in [6.45, 7) is -0.0804. The van der Waals surface area contributed by atoms with Crippen molar-refractivity contribution >= 4 is 52.4 Å². The summed E-state index contributed by atoms with van der Waals surface area (Å²) in [6.07, 6.45) is 1.91. The highest BCUT2D eigenvalue weighted by molar-refractivity contribution is 8.03. The van der Waals surface area contributed by atoms with Gasteiger partial charge in [-0.3, -0.25) is 9.59 Å². The first kappa shape index (κ1) is 18.7. The number of carbonyl (C=O) groups excluding carboxylic acids is 2. The van der Waals surface area contributed by atoms with E-state index in [0.29, 0.717) is 5.69 Å². The number of nitrogens with zero attached hydrogens (tertiary/aromatic N) is 3. The molecule has 0 saturated heterocycles. The van der Waals surface area contributed by atoms with E-state index in [1.165, 1.54) is 64.0 Å². The highest BCUT2D eigenvalue weighted by atomic mass is 32.2. The Morgan fingerprint density at radius 3 is 2.54 bits per heavy atom. The Labute approximate surface area is 151 Å². The van der Waals surface area contributed by atoms with Gasteiger partial charge in [0.1, 0.15) is 5.82 Å². The fourth-order valence-electron chi connectivity index (χ4n) is 1.61. The molecule has 0 spiro atoms. The lowest BCUT2D eigenvalue weighted by atomic mass is 10.3. The van der Waals surface area contributed by atoms with Gasteiger partial charge in [0.15, 0.2) is 8.68 Å². The molecule has 1 aromatic heterocycles. The molecule has 1 heterocycles. The third kappa shape index (κ3) is 5.77. The SMILES string of the molecule is CSc1nnc(SCC(=O)N(C)CC(=O)Nc2ccc(F)cc2)s1. The van der Waals surface area contributed by atoms with Gasteiger partial charge in [0, 0.05) is 12.7 Å². The van der Waals surface area contributed by atoms with Gasteiger partial charge in [-0.25, -0.2) is 4.39 Å². The van der Waals surface area contributed by atoms with E-state index in [0.717, 1.165) is 8.68 Å². The zero-order chi connectivity index (χ0) is 17.5. The normalized spacial score (nSPS) is 10.5. The maximum atomic E-state index is 12.8. The lowest BCUT2D eigenvalue weighted by molar-refractivity contribution is -0.131. The van der Waals surface area contributed by atoms with Crippen LogP contribution in [0, 0.1) is 5.82 Å². The van der Waals surface area contributed by atoms with E-state index < -0.39 is 0 Å². The van der Waals surface area contributed by atoms with Crippen LogP contribution in [0.25, 0.3) is 0 Å². The molecule has 2 rings (SSSR count). The number of halogens is 1. The third-order valence-electron chi connectivity index (χ3n) is 2.82. The second kappa shape index (κ2) is 9.00. The average molecular weight is 386 g/mol. The number of carbonyl (C=O) groups is 2. The minimum Gasteiger partial charge on any atom is -0.336 e. The van der Waals surface area contributed by atoms with Crippen LogP contribution in [0.3, 0.4) is 0 Å². The van der Waals surface area contributed by atoms with Crippen LogP contribution in [0.15, 0.2) is 32.9 Å². The van der Waals surface area contributed by atoms with Gasteiger partial charge in [-0.2, -0.15) is 0 Å². The Kier molecular flexibility index (Phi) is 7.00. The Bertz CT molecular complexity index is 708. The smallest absolute Gasteiger partial charge is 0.243 e. The molecule has 1 N–H and O–H groups in total. The molecule has 0 saturated carbocycles. The fourth-order valence-corrected chi connectivity index (χ4v) is 3.99. The zero-order valence-corrected chi connectivity index (χ0v) is 15.4. The van der Waals surface area contributed by atoms with E-state index in [9.17, 15) is 14.0 Å². The van der Waals surface area contributed by atoms with Crippen molar-refractivity contribution in [3.05, 3.63) is 30.1 Å². The number of likely N-dealkylation sites (N-methyl/N-ethyl adjacent to an activating group) is 1. The Morgan fingerprint density at radius 2 is 1.92 bits per heavy atom. The lowest BCUT2D eigenvalue weighted by Crippen LogP contribution is -2.35. The second-order valence-corrected chi connectivity index (χ2v) is 7.88. The number of nitrogens with one attached hydrogen (secondary N) is 1. The van der Waals surface area contributed by atoms with E-state index in [-0.39, 0.29) is 29.9 Å². The summed E-state index contributed by atoms with van der Waals surface area (Å²) in [4.78, 5) is 25.3. The Morgan fingerprint density at radius 1 is 1.25 bits per heavy atom. The van der Waals surface area contributed by atoms with Crippen molar-refractivity contribution in [1.82, 2.24) is 15.1 Å². The van der Waals surface area contributed by atoms with Gasteiger partial charge in [-0.1, -0.05) is 34.9 Å². The van der Waals surface area contributed by atoms with Gasteiger partial charge in [-0.15, -0.1) is 10.2 Å². The minimum atomic E-state index is -0.376. The molecule has 0 radical (unpaired) electrons. The van der Waals surface area contributed by atoms with Crippen molar-refractivity contribution in [1.29, 1.82) is 0 Å². The van der Waals surface area contributed by atoms with E-state index in [1.54, 1.807) is 7.05 Å². The number of benzene rings is 1. The van der Waals surface area contributed by atoms with Gasteiger partial charge in [0.2, 0.25) is 11.8 Å². The number of anilines is 1. The van der Waals surface area contributed by atoms with E-state index >= 15 is 0 Å². The second-order valence-electron chi connectivity index (χ2n) is 4.63. The first-order valence-corrected chi connectivity index (χ1v) is 9.80. The maximum Gasteiger partial charge on any atom is 0.243 e. The number of rotatable bonds is 7. The van der Waals surface area contributed by atoms with Crippen LogP contribution in [-0.4, -0.2) is 52.5 Å². The standard InChI is InChI=1S/C14H15FN4O2S3/c1-19(7-11(20)16-10-5-3-9(15)4-6-10)12(21)8-23-14-18-17-13(22-2)24-14/h3-6H,7-8H2,1-2H3,(H,16,20). The summed E-state index contributed by atoms with van der Waals surface area (Å²) in [7, 11) is 1.56. The van der Waals surface area contributed by atoms with Crippen molar-refractivity contribution in [3.8, 4) is 0 Å². The monoisotopic (exact) mass is 386 g/mol. The van der Waals surface area contributed by atoms with E-state index in [4.69, 9.17) is 0 Å². The molecule has 128 valence electrons. The highest BCUT2D eigenvalue weighted by Crippen LogP contribution is 2.27. The summed E-state index contributed by atoms with van der Waals surface area (Å²) in [5.74, 6) is -0.722. The molecule has 0 fully saturated rings. The van der Waals surface area contributed by atoms with E-state index in [1.807, 2.05) is 6.26 Å². The molecule has 6 nitrogen and oxygen atoms in total. The van der Waals surface area contributed by atoms with Crippen LogP contribution < -0.4 is 5.32 Å². The Balaban J connectivity index is 1.77. The quantitative estimate of drug-likeness (QED) is 0.737. The van der Waals surface area contributed by atoms with Crippen molar-refractivity contribution in [2.75, 3.05) is 30.9 Å². The summed E-state index contributed by atoms with van der Waals surface area (Å²) < 4.78 is 14.4. The van der Waals surface area contributed by atoms with Crippen molar-refractivity contribution in [2.45, 2.75) is 8.68 Å². The van der Waals surface area contributed by atoms with Crippen LogP contribution in [0.5, 0.6) is 0 Å². The van der Waals surface area contributed by atoms with Gasteiger partial charge in [-0.05, 0) is 30.5 Å². The van der Waals surface area contributed by atoms with Crippen LogP contribution >= 0.6 is 34.9 Å². The zero-order valence-electron chi connectivity index (χ0n) is 13.0. The molecule has 0 unspecified atom stereocenters. The molecule has 1 aromatic carbocycles. The third-order valence-corrected chi connectivity index (χ3v) is 5.83. The predicted molar refractivity (Wildman–Crippen MR) is 95.1 cm³/mol. The van der Waals surface area contributed by atoms with Crippen LogP contribution in [0.1, 0.15) is 0 Å². The highest BCUT2D eigenvalue weighted by Gasteiger charge is 2.15. The van der Waals surface area contributed by atoms with E-state index in [2.05, 4.69) is 15.5 Å². The van der Waals surface area contributed by atoms with Crippen molar-refractivity contribution in [2.24, 2.45) is 0 Å². The molecule has 2 aromatic rings. The Hall–Kier alpha value is -1.65. The fraction of sp³-hybridized carbons (Fsp3) is 0.286. The predicted octanol–water partition coefficient (Wildman–Crippen LogP) is 2.59. The lowest BCUT2D eigenvalue weighted by Gasteiger charge is -2.16. The minimum absolute atomic E-state index is 0.0804. The first-order chi connectivity index (χ1) is 11.5. The molecule has 0 aliphatic heterocycles. The average Bonchev–Trinajstić information content (AvgIpc) is 3.02. The number of thioether (sulfide) groups is 2. The molecular weight excluding hydrogens is 371 g/mol. The molecular formula is C14H15FN4O2S3. The molecule has 0 aliphatic rings. The molecule has 0 aliphatic carbocycles. The van der Waals surface area contributed by atoms with Crippen LogP contribution in [0.2, 0.25) is 0 Å². The summed E-state index contributed by atoms with van der Waals surface area (Å²) in [5, 5.41) is 10.5. The van der Waals surface area contributed by atoms with Crippen molar-refractivity contribution in [3.63, 3.8) is 0 Å². The molecule has 0 bridgehead atoms.